The predicted molar refractivity (Wildman–Crippen MR) is 90.8 cm³/mol. The van der Waals surface area contributed by atoms with E-state index in [2.05, 4.69) is 4.98 Å². The smallest absolute Gasteiger partial charge is 0.253 e. The molecule has 1 saturated heterocycles. The number of aromatic nitrogens is 2. The van der Waals surface area contributed by atoms with E-state index in [1.165, 1.54) is 18.6 Å². The van der Waals surface area contributed by atoms with Gasteiger partial charge in [-0.05, 0) is 55.7 Å². The first-order valence-corrected chi connectivity index (χ1v) is 8.25. The Morgan fingerprint density at radius 2 is 1.88 bits per heavy atom. The number of likely N-dealkylation sites (tertiary alicyclic amines) is 1. The molecule has 0 N–H and O–H groups in total. The van der Waals surface area contributed by atoms with Crippen LogP contribution in [0.1, 0.15) is 29.6 Å². The van der Waals surface area contributed by atoms with Gasteiger partial charge in [0.25, 0.3) is 5.91 Å². The highest BCUT2D eigenvalue weighted by Crippen LogP contribution is 2.21. The molecule has 1 aliphatic heterocycles. The Morgan fingerprint density at radius 3 is 2.67 bits per heavy atom. The van der Waals surface area contributed by atoms with E-state index in [0.717, 1.165) is 37.0 Å². The molecule has 122 valence electrons. The molecule has 2 aromatic carbocycles. The number of imidazole rings is 1. The molecular formula is C19H18FN3O. The van der Waals surface area contributed by atoms with Crippen LogP contribution in [0.5, 0.6) is 0 Å². The van der Waals surface area contributed by atoms with E-state index in [0.29, 0.717) is 11.3 Å². The molecule has 0 radical (unpaired) electrons. The van der Waals surface area contributed by atoms with Gasteiger partial charge in [-0.1, -0.05) is 6.07 Å². The Bertz CT molecular complexity index is 897. The number of carbonyl (C=O) groups is 1. The third-order valence-electron chi connectivity index (χ3n) is 4.52. The van der Waals surface area contributed by atoms with E-state index in [1.54, 1.807) is 12.4 Å². The SMILES string of the molecule is O=C(c1ccc2c(c1)ncn2-c1cccc(F)c1)N1CCCCC1. The van der Waals surface area contributed by atoms with Crippen LogP contribution in [-0.2, 0) is 0 Å². The quantitative estimate of drug-likeness (QED) is 0.719. The Hall–Kier alpha value is -2.69. The third kappa shape index (κ3) is 2.66. The number of rotatable bonds is 2. The summed E-state index contributed by atoms with van der Waals surface area (Å²) in [6.45, 7) is 1.66. The van der Waals surface area contributed by atoms with Crippen LogP contribution < -0.4 is 0 Å². The van der Waals surface area contributed by atoms with Crippen molar-refractivity contribution in [3.05, 3.63) is 60.2 Å². The van der Waals surface area contributed by atoms with E-state index < -0.39 is 0 Å². The molecule has 0 atom stereocenters. The minimum absolute atomic E-state index is 0.0666. The Labute approximate surface area is 139 Å². The van der Waals surface area contributed by atoms with Gasteiger partial charge in [0.1, 0.15) is 12.1 Å². The van der Waals surface area contributed by atoms with Crippen LogP contribution in [0.3, 0.4) is 0 Å². The molecule has 1 aliphatic rings. The number of fused-ring (bicyclic) bond motifs is 1. The Balaban J connectivity index is 1.69. The van der Waals surface area contributed by atoms with Crippen molar-refractivity contribution in [1.29, 1.82) is 0 Å². The van der Waals surface area contributed by atoms with Gasteiger partial charge in [0, 0.05) is 18.7 Å². The second kappa shape index (κ2) is 6.07. The highest BCUT2D eigenvalue weighted by molar-refractivity contribution is 5.97. The number of hydrogen-bond acceptors (Lipinski definition) is 2. The maximum Gasteiger partial charge on any atom is 0.253 e. The van der Waals surface area contributed by atoms with Crippen molar-refractivity contribution < 1.29 is 9.18 Å². The van der Waals surface area contributed by atoms with Crippen LogP contribution in [0.4, 0.5) is 4.39 Å². The molecule has 24 heavy (non-hydrogen) atoms. The highest BCUT2D eigenvalue weighted by Gasteiger charge is 2.19. The van der Waals surface area contributed by atoms with Crippen LogP contribution in [0.15, 0.2) is 48.8 Å². The molecule has 0 unspecified atom stereocenters. The minimum atomic E-state index is -0.286. The average molecular weight is 323 g/mol. The number of nitrogens with zero attached hydrogens (tertiary/aromatic N) is 3. The average Bonchev–Trinajstić information content (AvgIpc) is 3.05. The fourth-order valence-electron chi connectivity index (χ4n) is 3.26. The number of benzene rings is 2. The Morgan fingerprint density at radius 1 is 1.04 bits per heavy atom. The lowest BCUT2D eigenvalue weighted by Gasteiger charge is -2.26. The Kier molecular flexibility index (Phi) is 3.76. The monoisotopic (exact) mass is 323 g/mol. The summed E-state index contributed by atoms with van der Waals surface area (Å²) >= 11 is 0. The molecule has 0 bridgehead atoms. The normalized spacial score (nSPS) is 15.0. The second-order valence-electron chi connectivity index (χ2n) is 6.15. The fraction of sp³-hybridized carbons (Fsp3) is 0.263. The zero-order valence-corrected chi connectivity index (χ0v) is 13.3. The number of piperidine rings is 1. The van der Waals surface area contributed by atoms with Gasteiger partial charge in [-0.25, -0.2) is 9.37 Å². The summed E-state index contributed by atoms with van der Waals surface area (Å²) in [7, 11) is 0. The van der Waals surface area contributed by atoms with Crippen molar-refractivity contribution >= 4 is 16.9 Å². The topological polar surface area (TPSA) is 38.1 Å². The molecule has 1 amide bonds. The maximum absolute atomic E-state index is 13.5. The molecule has 4 nitrogen and oxygen atoms in total. The van der Waals surface area contributed by atoms with Crippen molar-refractivity contribution in [2.45, 2.75) is 19.3 Å². The van der Waals surface area contributed by atoms with Gasteiger partial charge in [0.15, 0.2) is 0 Å². The van der Waals surface area contributed by atoms with E-state index >= 15 is 0 Å². The molecule has 3 aromatic rings. The highest BCUT2D eigenvalue weighted by atomic mass is 19.1. The van der Waals surface area contributed by atoms with Crippen molar-refractivity contribution in [1.82, 2.24) is 14.5 Å². The molecule has 4 rings (SSSR count). The summed E-state index contributed by atoms with van der Waals surface area (Å²) in [6.07, 6.45) is 5.00. The molecule has 0 saturated carbocycles. The zero-order valence-electron chi connectivity index (χ0n) is 13.3. The van der Waals surface area contributed by atoms with Gasteiger partial charge in [0.2, 0.25) is 0 Å². The fourth-order valence-corrected chi connectivity index (χ4v) is 3.26. The molecule has 2 heterocycles. The van der Waals surface area contributed by atoms with Crippen molar-refractivity contribution in [2.24, 2.45) is 0 Å². The van der Waals surface area contributed by atoms with Gasteiger partial charge in [-0.2, -0.15) is 0 Å². The zero-order chi connectivity index (χ0) is 16.5. The second-order valence-corrected chi connectivity index (χ2v) is 6.15. The summed E-state index contributed by atoms with van der Waals surface area (Å²) in [5.74, 6) is -0.219. The largest absolute Gasteiger partial charge is 0.339 e. The molecule has 0 aliphatic carbocycles. The summed E-state index contributed by atoms with van der Waals surface area (Å²) in [5, 5.41) is 0. The predicted octanol–water partition coefficient (Wildman–Crippen LogP) is 3.79. The van der Waals surface area contributed by atoms with Crippen molar-refractivity contribution in [2.75, 3.05) is 13.1 Å². The minimum Gasteiger partial charge on any atom is -0.339 e. The van der Waals surface area contributed by atoms with Crippen LogP contribution >= 0.6 is 0 Å². The van der Waals surface area contributed by atoms with Crippen LogP contribution in [0.25, 0.3) is 16.7 Å². The lowest BCUT2D eigenvalue weighted by molar-refractivity contribution is 0.0724. The van der Waals surface area contributed by atoms with Gasteiger partial charge in [-0.3, -0.25) is 9.36 Å². The van der Waals surface area contributed by atoms with E-state index in [4.69, 9.17) is 0 Å². The van der Waals surface area contributed by atoms with E-state index in [1.807, 2.05) is 33.7 Å². The summed E-state index contributed by atoms with van der Waals surface area (Å²) in [5.41, 5.74) is 2.97. The summed E-state index contributed by atoms with van der Waals surface area (Å²) in [4.78, 5) is 18.9. The lowest BCUT2D eigenvalue weighted by Crippen LogP contribution is -2.35. The van der Waals surface area contributed by atoms with Gasteiger partial charge >= 0.3 is 0 Å². The summed E-state index contributed by atoms with van der Waals surface area (Å²) in [6, 6.07) is 11.9. The first-order valence-electron chi connectivity index (χ1n) is 8.25. The maximum atomic E-state index is 13.5. The molecule has 0 spiro atoms. The van der Waals surface area contributed by atoms with Crippen LogP contribution in [0, 0.1) is 5.82 Å². The van der Waals surface area contributed by atoms with Gasteiger partial charge in [0.05, 0.1) is 16.7 Å². The van der Waals surface area contributed by atoms with Gasteiger partial charge in [-0.15, -0.1) is 0 Å². The van der Waals surface area contributed by atoms with Crippen LogP contribution in [0.2, 0.25) is 0 Å². The van der Waals surface area contributed by atoms with Crippen molar-refractivity contribution in [3.8, 4) is 5.69 Å². The first kappa shape index (κ1) is 14.9. The molecular weight excluding hydrogens is 305 g/mol. The summed E-state index contributed by atoms with van der Waals surface area (Å²) < 4.78 is 15.3. The number of halogens is 1. The van der Waals surface area contributed by atoms with E-state index in [9.17, 15) is 9.18 Å². The van der Waals surface area contributed by atoms with Gasteiger partial charge < -0.3 is 4.90 Å². The van der Waals surface area contributed by atoms with Crippen LogP contribution in [-0.4, -0.2) is 33.4 Å². The number of carbonyl (C=O) groups excluding carboxylic acids is 1. The lowest BCUT2D eigenvalue weighted by atomic mass is 10.1. The molecule has 5 heteroatoms. The van der Waals surface area contributed by atoms with E-state index in [-0.39, 0.29) is 11.7 Å². The van der Waals surface area contributed by atoms with Crippen molar-refractivity contribution in [3.63, 3.8) is 0 Å². The standard InChI is InChI=1S/C19H18FN3O/c20-15-5-4-6-16(12-15)23-13-21-17-11-14(7-8-18(17)23)19(24)22-9-2-1-3-10-22/h4-8,11-13H,1-3,9-10H2. The number of hydrogen-bond donors (Lipinski definition) is 0. The number of amides is 1. The molecule has 1 aromatic heterocycles. The first-order chi connectivity index (χ1) is 11.7. The third-order valence-corrected chi connectivity index (χ3v) is 4.52. The molecule has 1 fully saturated rings.